The summed E-state index contributed by atoms with van der Waals surface area (Å²) < 4.78 is 0. The Morgan fingerprint density at radius 1 is 0.682 bits per heavy atom. The van der Waals surface area contributed by atoms with Gasteiger partial charge in [-0.05, 0) is 33.7 Å². The minimum absolute atomic E-state index is 0.0142. The maximum absolute atomic E-state index is 11.2. The number of nitrogens with zero attached hydrogens (tertiary/aromatic N) is 2. The molecule has 0 aliphatic carbocycles. The van der Waals surface area contributed by atoms with E-state index in [1.54, 1.807) is 18.2 Å². The van der Waals surface area contributed by atoms with Crippen LogP contribution in [-0.4, -0.2) is 9.85 Å². The van der Waals surface area contributed by atoms with E-state index in [0.717, 1.165) is 16.2 Å². The standard InChI is InChI=1S/C16H8N2O4/c19-17(20)12-7-10-2-1-9-4-6-14(18(21)22)13-5-3-11(8-12)15(10)16(9)13/h1-8H. The molecule has 22 heavy (non-hydrogen) atoms. The molecule has 6 nitrogen and oxygen atoms in total. The third-order valence-corrected chi connectivity index (χ3v) is 3.97. The van der Waals surface area contributed by atoms with Crippen molar-refractivity contribution in [1.29, 1.82) is 0 Å². The van der Waals surface area contributed by atoms with Crippen LogP contribution in [0.3, 0.4) is 0 Å². The van der Waals surface area contributed by atoms with Gasteiger partial charge < -0.3 is 0 Å². The predicted molar refractivity (Wildman–Crippen MR) is 83.5 cm³/mol. The van der Waals surface area contributed by atoms with Crippen LogP contribution in [0.4, 0.5) is 11.4 Å². The van der Waals surface area contributed by atoms with Gasteiger partial charge in [0.2, 0.25) is 0 Å². The molecular weight excluding hydrogens is 284 g/mol. The molecular formula is C16H8N2O4. The van der Waals surface area contributed by atoms with Gasteiger partial charge in [-0.25, -0.2) is 0 Å². The molecule has 0 amide bonds. The highest BCUT2D eigenvalue weighted by Gasteiger charge is 2.18. The van der Waals surface area contributed by atoms with Crippen LogP contribution in [0.5, 0.6) is 0 Å². The molecule has 0 N–H and O–H groups in total. The van der Waals surface area contributed by atoms with Crippen molar-refractivity contribution in [3.05, 3.63) is 68.8 Å². The second-order valence-electron chi connectivity index (χ2n) is 5.14. The van der Waals surface area contributed by atoms with Gasteiger partial charge in [-0.1, -0.05) is 18.2 Å². The second kappa shape index (κ2) is 4.11. The Labute approximate surface area is 123 Å². The predicted octanol–water partition coefficient (Wildman–Crippen LogP) is 4.40. The molecule has 0 saturated carbocycles. The molecule has 0 radical (unpaired) electrons. The third-order valence-electron chi connectivity index (χ3n) is 3.97. The summed E-state index contributed by atoms with van der Waals surface area (Å²) in [6.07, 6.45) is 0. The Morgan fingerprint density at radius 2 is 1.27 bits per heavy atom. The average Bonchev–Trinajstić information content (AvgIpc) is 2.51. The van der Waals surface area contributed by atoms with Gasteiger partial charge in [0.05, 0.1) is 15.2 Å². The highest BCUT2D eigenvalue weighted by Crippen LogP contribution is 2.39. The molecule has 0 aliphatic rings. The van der Waals surface area contributed by atoms with Crippen LogP contribution >= 0.6 is 0 Å². The lowest BCUT2D eigenvalue weighted by atomic mass is 9.93. The molecule has 0 saturated heterocycles. The number of nitro groups is 2. The summed E-state index contributed by atoms with van der Waals surface area (Å²) in [4.78, 5) is 21.4. The summed E-state index contributed by atoms with van der Waals surface area (Å²) in [5.74, 6) is 0. The monoisotopic (exact) mass is 292 g/mol. The molecule has 0 atom stereocenters. The van der Waals surface area contributed by atoms with Crippen molar-refractivity contribution in [2.75, 3.05) is 0 Å². The van der Waals surface area contributed by atoms with Crippen molar-refractivity contribution < 1.29 is 9.85 Å². The number of nitro benzene ring substituents is 2. The van der Waals surface area contributed by atoms with E-state index in [1.165, 1.54) is 18.2 Å². The number of benzene rings is 4. The van der Waals surface area contributed by atoms with E-state index in [1.807, 2.05) is 12.1 Å². The summed E-state index contributed by atoms with van der Waals surface area (Å²) in [5, 5.41) is 26.7. The van der Waals surface area contributed by atoms with E-state index >= 15 is 0 Å². The molecule has 106 valence electrons. The molecule has 0 aliphatic heterocycles. The summed E-state index contributed by atoms with van der Waals surface area (Å²) in [5.41, 5.74) is 0.0561. The van der Waals surface area contributed by atoms with Crippen LogP contribution in [0.2, 0.25) is 0 Å². The first-order chi connectivity index (χ1) is 10.6. The average molecular weight is 292 g/mol. The molecule has 0 unspecified atom stereocenters. The van der Waals surface area contributed by atoms with Crippen LogP contribution in [0.25, 0.3) is 32.3 Å². The van der Waals surface area contributed by atoms with Crippen LogP contribution in [0.15, 0.2) is 48.5 Å². The van der Waals surface area contributed by atoms with Crippen molar-refractivity contribution >= 4 is 43.7 Å². The Hall–Kier alpha value is -3.28. The molecule has 4 aromatic rings. The zero-order valence-corrected chi connectivity index (χ0v) is 11.1. The van der Waals surface area contributed by atoms with Gasteiger partial charge in [-0.3, -0.25) is 20.2 Å². The molecule has 4 aromatic carbocycles. The van der Waals surface area contributed by atoms with Gasteiger partial charge in [0, 0.05) is 23.6 Å². The van der Waals surface area contributed by atoms with Crippen molar-refractivity contribution in [1.82, 2.24) is 0 Å². The summed E-state index contributed by atoms with van der Waals surface area (Å²) >= 11 is 0. The summed E-state index contributed by atoms with van der Waals surface area (Å²) in [6, 6.07) is 13.2. The molecule has 0 spiro atoms. The fourth-order valence-corrected chi connectivity index (χ4v) is 3.05. The second-order valence-corrected chi connectivity index (χ2v) is 5.14. The minimum Gasteiger partial charge on any atom is -0.258 e. The first-order valence-corrected chi connectivity index (χ1v) is 6.56. The molecule has 0 fully saturated rings. The normalized spacial score (nSPS) is 11.5. The molecule has 4 rings (SSSR count). The molecule has 0 bridgehead atoms. The van der Waals surface area contributed by atoms with E-state index in [0.29, 0.717) is 16.2 Å². The van der Waals surface area contributed by atoms with Crippen molar-refractivity contribution in [2.45, 2.75) is 0 Å². The van der Waals surface area contributed by atoms with Gasteiger partial charge in [-0.15, -0.1) is 0 Å². The lowest BCUT2D eigenvalue weighted by molar-refractivity contribution is -0.384. The van der Waals surface area contributed by atoms with E-state index in [-0.39, 0.29) is 11.4 Å². The summed E-state index contributed by atoms with van der Waals surface area (Å²) in [7, 11) is 0. The van der Waals surface area contributed by atoms with Crippen LogP contribution in [0.1, 0.15) is 0 Å². The highest BCUT2D eigenvalue weighted by atomic mass is 16.6. The first-order valence-electron chi connectivity index (χ1n) is 6.56. The lowest BCUT2D eigenvalue weighted by Gasteiger charge is -2.10. The van der Waals surface area contributed by atoms with Crippen molar-refractivity contribution in [3.8, 4) is 0 Å². The Balaban J connectivity index is 2.27. The van der Waals surface area contributed by atoms with Gasteiger partial charge in [0.15, 0.2) is 0 Å². The van der Waals surface area contributed by atoms with Crippen molar-refractivity contribution in [3.63, 3.8) is 0 Å². The third kappa shape index (κ3) is 1.54. The van der Waals surface area contributed by atoms with Gasteiger partial charge in [0.25, 0.3) is 11.4 Å². The topological polar surface area (TPSA) is 86.3 Å². The Bertz CT molecular complexity index is 1070. The maximum atomic E-state index is 11.2. The van der Waals surface area contributed by atoms with E-state index in [9.17, 15) is 20.2 Å². The molecule has 0 heterocycles. The quantitative estimate of drug-likeness (QED) is 0.311. The fraction of sp³-hybridized carbons (Fsp3) is 0. The van der Waals surface area contributed by atoms with Crippen LogP contribution in [0, 0.1) is 20.2 Å². The van der Waals surface area contributed by atoms with Gasteiger partial charge in [-0.2, -0.15) is 0 Å². The minimum atomic E-state index is -0.434. The van der Waals surface area contributed by atoms with Crippen LogP contribution < -0.4 is 0 Å². The van der Waals surface area contributed by atoms with E-state index in [4.69, 9.17) is 0 Å². The first kappa shape index (κ1) is 12.5. The Kier molecular flexibility index (Phi) is 2.33. The smallest absolute Gasteiger partial charge is 0.258 e. The Morgan fingerprint density at radius 3 is 1.91 bits per heavy atom. The van der Waals surface area contributed by atoms with Crippen LogP contribution in [-0.2, 0) is 0 Å². The number of non-ortho nitro benzene ring substituents is 2. The van der Waals surface area contributed by atoms with E-state index in [2.05, 4.69) is 0 Å². The van der Waals surface area contributed by atoms with Gasteiger partial charge >= 0.3 is 0 Å². The zero-order valence-electron chi connectivity index (χ0n) is 11.1. The number of hydrogen-bond donors (Lipinski definition) is 0. The highest BCUT2D eigenvalue weighted by molar-refractivity contribution is 6.25. The number of hydrogen-bond acceptors (Lipinski definition) is 4. The largest absolute Gasteiger partial charge is 0.277 e. The zero-order chi connectivity index (χ0) is 15.4. The van der Waals surface area contributed by atoms with Crippen molar-refractivity contribution in [2.24, 2.45) is 0 Å². The fourth-order valence-electron chi connectivity index (χ4n) is 3.05. The molecule has 0 aromatic heterocycles. The van der Waals surface area contributed by atoms with E-state index < -0.39 is 9.85 Å². The maximum Gasteiger partial charge on any atom is 0.277 e. The SMILES string of the molecule is O=[N+]([O-])c1cc2ccc3ccc([N+](=O)[O-])c4ccc(c1)c2c34. The lowest BCUT2D eigenvalue weighted by Crippen LogP contribution is -1.93. The number of rotatable bonds is 2. The molecule has 6 heteroatoms. The van der Waals surface area contributed by atoms with Gasteiger partial charge in [0.1, 0.15) is 0 Å². The summed E-state index contributed by atoms with van der Waals surface area (Å²) in [6.45, 7) is 0.